The summed E-state index contributed by atoms with van der Waals surface area (Å²) in [4.78, 5) is 21.3. The standard InChI is InChI=1S/C11H13N3O4/c12-7-4-8(5-7)18-10-2-1-6(11(13)15)3-9(10)14(16)17/h1-3,7-8H,4-5,12H2,(H2,13,15). The van der Waals surface area contributed by atoms with Crippen molar-refractivity contribution in [2.75, 3.05) is 0 Å². The van der Waals surface area contributed by atoms with Gasteiger partial charge in [0.1, 0.15) is 6.10 Å². The van der Waals surface area contributed by atoms with Crippen LogP contribution < -0.4 is 16.2 Å². The maximum atomic E-state index is 11.0. The van der Waals surface area contributed by atoms with Crippen LogP contribution in [0, 0.1) is 10.1 Å². The van der Waals surface area contributed by atoms with Crippen LogP contribution in [-0.2, 0) is 0 Å². The molecule has 0 radical (unpaired) electrons. The first-order valence-corrected chi connectivity index (χ1v) is 5.48. The second-order valence-corrected chi connectivity index (χ2v) is 4.28. The zero-order chi connectivity index (χ0) is 13.3. The van der Waals surface area contributed by atoms with Crippen molar-refractivity contribution in [3.8, 4) is 5.75 Å². The van der Waals surface area contributed by atoms with E-state index in [1.165, 1.54) is 12.1 Å². The second kappa shape index (κ2) is 4.61. The van der Waals surface area contributed by atoms with Crippen LogP contribution in [0.2, 0.25) is 0 Å². The minimum atomic E-state index is -0.713. The van der Waals surface area contributed by atoms with E-state index in [9.17, 15) is 14.9 Å². The fourth-order valence-corrected chi connectivity index (χ4v) is 1.80. The number of hydrogen-bond acceptors (Lipinski definition) is 5. The van der Waals surface area contributed by atoms with Crippen LogP contribution in [0.1, 0.15) is 23.2 Å². The number of nitrogens with two attached hydrogens (primary N) is 2. The average molecular weight is 251 g/mol. The summed E-state index contributed by atoms with van der Waals surface area (Å²) in [6, 6.07) is 4.01. The highest BCUT2D eigenvalue weighted by atomic mass is 16.6. The maximum absolute atomic E-state index is 11.0. The topological polar surface area (TPSA) is 121 Å². The van der Waals surface area contributed by atoms with Gasteiger partial charge in [-0.25, -0.2) is 0 Å². The van der Waals surface area contributed by atoms with E-state index in [1.807, 2.05) is 0 Å². The fraction of sp³-hybridized carbons (Fsp3) is 0.364. The molecule has 0 atom stereocenters. The Kier molecular flexibility index (Phi) is 3.15. The van der Waals surface area contributed by atoms with E-state index in [4.69, 9.17) is 16.2 Å². The van der Waals surface area contributed by atoms with E-state index in [2.05, 4.69) is 0 Å². The molecular formula is C11H13N3O4. The highest BCUT2D eigenvalue weighted by Crippen LogP contribution is 2.32. The highest BCUT2D eigenvalue weighted by Gasteiger charge is 2.30. The molecule has 1 aliphatic rings. The van der Waals surface area contributed by atoms with Gasteiger partial charge < -0.3 is 16.2 Å². The summed E-state index contributed by atoms with van der Waals surface area (Å²) < 4.78 is 5.47. The van der Waals surface area contributed by atoms with Gasteiger partial charge >= 0.3 is 5.69 Å². The van der Waals surface area contributed by atoms with Crippen LogP contribution in [0.25, 0.3) is 0 Å². The zero-order valence-corrected chi connectivity index (χ0v) is 9.54. The number of ether oxygens (including phenoxy) is 1. The summed E-state index contributed by atoms with van der Waals surface area (Å²) in [5, 5.41) is 10.9. The number of nitrogens with zero attached hydrogens (tertiary/aromatic N) is 1. The number of carbonyl (C=O) groups excluding carboxylic acids is 1. The molecule has 18 heavy (non-hydrogen) atoms. The number of nitro groups is 1. The van der Waals surface area contributed by atoms with Gasteiger partial charge in [0.25, 0.3) is 0 Å². The molecule has 0 spiro atoms. The monoisotopic (exact) mass is 251 g/mol. The van der Waals surface area contributed by atoms with Gasteiger partial charge in [-0.2, -0.15) is 0 Å². The van der Waals surface area contributed by atoms with Crippen molar-refractivity contribution in [3.05, 3.63) is 33.9 Å². The Labute approximate surface area is 103 Å². The van der Waals surface area contributed by atoms with Gasteiger partial charge in [-0.15, -0.1) is 0 Å². The highest BCUT2D eigenvalue weighted by molar-refractivity contribution is 5.93. The van der Waals surface area contributed by atoms with Gasteiger partial charge in [0.15, 0.2) is 5.75 Å². The molecule has 1 aliphatic carbocycles. The van der Waals surface area contributed by atoms with Gasteiger partial charge in [0, 0.05) is 17.7 Å². The summed E-state index contributed by atoms with van der Waals surface area (Å²) in [5.74, 6) is -0.572. The lowest BCUT2D eigenvalue weighted by molar-refractivity contribution is -0.386. The molecule has 2 rings (SSSR count). The molecule has 0 unspecified atom stereocenters. The third-order valence-electron chi connectivity index (χ3n) is 2.87. The van der Waals surface area contributed by atoms with Gasteiger partial charge in [-0.3, -0.25) is 14.9 Å². The maximum Gasteiger partial charge on any atom is 0.311 e. The molecule has 0 bridgehead atoms. The first kappa shape index (κ1) is 12.3. The lowest BCUT2D eigenvalue weighted by Crippen LogP contribution is -2.43. The Hall–Kier alpha value is -2.15. The van der Waals surface area contributed by atoms with Crippen LogP contribution >= 0.6 is 0 Å². The lowest BCUT2D eigenvalue weighted by Gasteiger charge is -2.32. The Morgan fingerprint density at radius 3 is 2.61 bits per heavy atom. The van der Waals surface area contributed by atoms with Gasteiger partial charge in [0.2, 0.25) is 5.91 Å². The van der Waals surface area contributed by atoms with Crippen molar-refractivity contribution in [2.45, 2.75) is 25.0 Å². The third-order valence-corrected chi connectivity index (χ3v) is 2.87. The van der Waals surface area contributed by atoms with E-state index < -0.39 is 10.8 Å². The Morgan fingerprint density at radius 2 is 2.11 bits per heavy atom. The number of amides is 1. The molecule has 7 nitrogen and oxygen atoms in total. The summed E-state index contributed by atoms with van der Waals surface area (Å²) in [6.45, 7) is 0. The molecule has 96 valence electrons. The largest absolute Gasteiger partial charge is 0.483 e. The number of carbonyl (C=O) groups is 1. The molecule has 1 aromatic rings. The molecule has 7 heteroatoms. The molecule has 0 saturated heterocycles. The normalized spacial score (nSPS) is 22.1. The Balaban J connectivity index is 2.23. The molecule has 1 aromatic carbocycles. The summed E-state index contributed by atoms with van der Waals surface area (Å²) in [5.41, 5.74) is 10.5. The molecular weight excluding hydrogens is 238 g/mol. The number of hydrogen-bond donors (Lipinski definition) is 2. The molecule has 0 heterocycles. The molecule has 1 amide bonds. The van der Waals surface area contributed by atoms with Crippen LogP contribution in [0.4, 0.5) is 5.69 Å². The Morgan fingerprint density at radius 1 is 1.44 bits per heavy atom. The SMILES string of the molecule is NC(=O)c1ccc(OC2CC(N)C2)c([N+](=O)[O-])c1. The third kappa shape index (κ3) is 2.40. The van der Waals surface area contributed by atoms with Gasteiger partial charge in [-0.05, 0) is 25.0 Å². The average Bonchev–Trinajstić information content (AvgIpc) is 2.26. The molecule has 0 aliphatic heterocycles. The van der Waals surface area contributed by atoms with E-state index in [0.29, 0.717) is 12.8 Å². The number of benzene rings is 1. The van der Waals surface area contributed by atoms with E-state index in [0.717, 1.165) is 6.07 Å². The minimum Gasteiger partial charge on any atom is -0.483 e. The van der Waals surface area contributed by atoms with Crippen molar-refractivity contribution in [1.29, 1.82) is 0 Å². The molecule has 4 N–H and O–H groups in total. The number of rotatable bonds is 4. The minimum absolute atomic E-state index is 0.0827. The van der Waals surface area contributed by atoms with Crippen molar-refractivity contribution in [1.82, 2.24) is 0 Å². The first-order valence-electron chi connectivity index (χ1n) is 5.48. The van der Waals surface area contributed by atoms with Crippen LogP contribution in [0.15, 0.2) is 18.2 Å². The molecule has 1 fully saturated rings. The van der Waals surface area contributed by atoms with Crippen molar-refractivity contribution >= 4 is 11.6 Å². The van der Waals surface area contributed by atoms with Crippen molar-refractivity contribution in [3.63, 3.8) is 0 Å². The van der Waals surface area contributed by atoms with E-state index in [1.54, 1.807) is 0 Å². The fourth-order valence-electron chi connectivity index (χ4n) is 1.80. The quantitative estimate of drug-likeness (QED) is 0.598. The van der Waals surface area contributed by atoms with E-state index >= 15 is 0 Å². The number of primary amides is 1. The van der Waals surface area contributed by atoms with Gasteiger partial charge in [-0.1, -0.05) is 0 Å². The van der Waals surface area contributed by atoms with Crippen molar-refractivity contribution in [2.24, 2.45) is 11.5 Å². The predicted octanol–water partition coefficient (Wildman–Crippen LogP) is 0.562. The summed E-state index contributed by atoms with van der Waals surface area (Å²) in [6.07, 6.45) is 1.25. The van der Waals surface area contributed by atoms with Crippen LogP contribution in [0.3, 0.4) is 0 Å². The Bertz CT molecular complexity index is 497. The lowest BCUT2D eigenvalue weighted by atomic mass is 9.90. The smallest absolute Gasteiger partial charge is 0.311 e. The van der Waals surface area contributed by atoms with E-state index in [-0.39, 0.29) is 29.1 Å². The molecule has 1 saturated carbocycles. The number of nitro benzene ring substituents is 1. The van der Waals surface area contributed by atoms with Crippen molar-refractivity contribution < 1.29 is 14.5 Å². The van der Waals surface area contributed by atoms with Gasteiger partial charge in [0.05, 0.1) is 4.92 Å². The van der Waals surface area contributed by atoms with Crippen LogP contribution in [0.5, 0.6) is 5.75 Å². The molecule has 0 aromatic heterocycles. The summed E-state index contributed by atoms with van der Waals surface area (Å²) >= 11 is 0. The second-order valence-electron chi connectivity index (χ2n) is 4.28. The summed E-state index contributed by atoms with van der Waals surface area (Å²) in [7, 11) is 0. The first-order chi connectivity index (χ1) is 8.47. The van der Waals surface area contributed by atoms with Crippen LogP contribution in [-0.4, -0.2) is 23.0 Å². The zero-order valence-electron chi connectivity index (χ0n) is 9.54. The predicted molar refractivity (Wildman–Crippen MR) is 63.2 cm³/mol.